The van der Waals surface area contributed by atoms with Crippen molar-refractivity contribution in [3.8, 4) is 0 Å². The highest BCUT2D eigenvalue weighted by Gasteiger charge is 2.17. The molecule has 5 nitrogen and oxygen atoms in total. The molecule has 1 aromatic rings. The highest BCUT2D eigenvalue weighted by molar-refractivity contribution is 5.47. The monoisotopic (exact) mass is 196 g/mol. The predicted molar refractivity (Wildman–Crippen MR) is 55.8 cm³/mol. The van der Waals surface area contributed by atoms with Crippen LogP contribution in [-0.4, -0.2) is 50.3 Å². The second-order valence-corrected chi connectivity index (χ2v) is 3.59. The number of aromatic nitrogens is 1. The number of piperazine rings is 1. The molecule has 1 fully saturated rings. The number of rotatable bonds is 2. The lowest BCUT2D eigenvalue weighted by Crippen LogP contribution is -2.44. The molecule has 2 rings (SSSR count). The fourth-order valence-corrected chi connectivity index (χ4v) is 1.57. The zero-order valence-electron chi connectivity index (χ0n) is 8.66. The summed E-state index contributed by atoms with van der Waals surface area (Å²) in [7, 11) is 3.97. The predicted octanol–water partition coefficient (Wildman–Crippen LogP) is 0.468. The zero-order valence-corrected chi connectivity index (χ0v) is 8.66. The molecule has 1 N–H and O–H groups in total. The SMILES string of the molecule is CNc1cc(N2CCN(C)CC2)no1. The van der Waals surface area contributed by atoms with Crippen molar-refractivity contribution < 1.29 is 4.52 Å². The van der Waals surface area contributed by atoms with Gasteiger partial charge in [0, 0.05) is 39.3 Å². The van der Waals surface area contributed by atoms with Gasteiger partial charge in [0.1, 0.15) is 0 Å². The molecule has 0 atom stereocenters. The van der Waals surface area contributed by atoms with Crippen molar-refractivity contribution in [2.24, 2.45) is 0 Å². The van der Waals surface area contributed by atoms with Gasteiger partial charge in [0.05, 0.1) is 0 Å². The highest BCUT2D eigenvalue weighted by atomic mass is 16.5. The van der Waals surface area contributed by atoms with Crippen molar-refractivity contribution in [1.29, 1.82) is 0 Å². The van der Waals surface area contributed by atoms with Gasteiger partial charge in [0.2, 0.25) is 5.88 Å². The Morgan fingerprint density at radius 3 is 2.64 bits per heavy atom. The molecule has 1 aliphatic heterocycles. The summed E-state index contributed by atoms with van der Waals surface area (Å²) in [5.41, 5.74) is 0. The molecule has 0 aromatic carbocycles. The molecule has 1 saturated heterocycles. The molecule has 1 aliphatic rings. The van der Waals surface area contributed by atoms with Crippen molar-refractivity contribution in [2.75, 3.05) is 50.5 Å². The number of nitrogens with zero attached hydrogens (tertiary/aromatic N) is 3. The third-order valence-electron chi connectivity index (χ3n) is 2.57. The van der Waals surface area contributed by atoms with Crippen molar-refractivity contribution in [3.05, 3.63) is 6.07 Å². The minimum Gasteiger partial charge on any atom is -0.357 e. The molecule has 0 amide bonds. The van der Waals surface area contributed by atoms with Crippen molar-refractivity contribution in [2.45, 2.75) is 0 Å². The summed E-state index contributed by atoms with van der Waals surface area (Å²) in [5, 5.41) is 6.93. The van der Waals surface area contributed by atoms with Crippen LogP contribution in [0.15, 0.2) is 10.6 Å². The molecule has 0 aliphatic carbocycles. The van der Waals surface area contributed by atoms with Crippen LogP contribution in [0.5, 0.6) is 0 Å². The van der Waals surface area contributed by atoms with Gasteiger partial charge in [-0.1, -0.05) is 5.16 Å². The van der Waals surface area contributed by atoms with Crippen LogP contribution in [0, 0.1) is 0 Å². The maximum absolute atomic E-state index is 5.08. The molecule has 0 spiro atoms. The average molecular weight is 196 g/mol. The van der Waals surface area contributed by atoms with E-state index in [0.29, 0.717) is 0 Å². The summed E-state index contributed by atoms with van der Waals surface area (Å²) >= 11 is 0. The van der Waals surface area contributed by atoms with E-state index in [-0.39, 0.29) is 0 Å². The van der Waals surface area contributed by atoms with Crippen molar-refractivity contribution in [3.63, 3.8) is 0 Å². The van der Waals surface area contributed by atoms with E-state index in [9.17, 15) is 0 Å². The van der Waals surface area contributed by atoms with Crippen LogP contribution < -0.4 is 10.2 Å². The lowest BCUT2D eigenvalue weighted by Gasteiger charge is -2.31. The maximum Gasteiger partial charge on any atom is 0.226 e. The van der Waals surface area contributed by atoms with E-state index in [1.54, 1.807) is 0 Å². The minimum absolute atomic E-state index is 0.721. The smallest absolute Gasteiger partial charge is 0.226 e. The maximum atomic E-state index is 5.08. The van der Waals surface area contributed by atoms with Gasteiger partial charge in [-0.2, -0.15) is 0 Å². The fraction of sp³-hybridized carbons (Fsp3) is 0.667. The first-order valence-electron chi connectivity index (χ1n) is 4.87. The topological polar surface area (TPSA) is 44.5 Å². The summed E-state index contributed by atoms with van der Waals surface area (Å²) in [4.78, 5) is 4.56. The molecule has 0 unspecified atom stereocenters. The van der Waals surface area contributed by atoms with Crippen molar-refractivity contribution >= 4 is 11.7 Å². The molecular weight excluding hydrogens is 180 g/mol. The van der Waals surface area contributed by atoms with Crippen LogP contribution in [0.25, 0.3) is 0 Å². The number of likely N-dealkylation sites (N-methyl/N-ethyl adjacent to an activating group) is 1. The molecule has 0 radical (unpaired) electrons. The normalized spacial score (nSPS) is 18.6. The second-order valence-electron chi connectivity index (χ2n) is 3.59. The summed E-state index contributed by atoms with van der Waals surface area (Å²) in [6, 6.07) is 1.94. The second kappa shape index (κ2) is 3.88. The third-order valence-corrected chi connectivity index (χ3v) is 2.57. The number of hydrogen-bond donors (Lipinski definition) is 1. The molecule has 0 bridgehead atoms. The Kier molecular flexibility index (Phi) is 2.58. The Morgan fingerprint density at radius 2 is 2.07 bits per heavy atom. The van der Waals surface area contributed by atoms with E-state index in [4.69, 9.17) is 4.52 Å². The Balaban J connectivity index is 2.01. The molecular formula is C9H16N4O. The van der Waals surface area contributed by atoms with E-state index >= 15 is 0 Å². The highest BCUT2D eigenvalue weighted by Crippen LogP contribution is 2.18. The van der Waals surface area contributed by atoms with Crippen LogP contribution in [-0.2, 0) is 0 Å². The van der Waals surface area contributed by atoms with E-state index < -0.39 is 0 Å². The quantitative estimate of drug-likeness (QED) is 0.745. The molecule has 1 aromatic heterocycles. The number of nitrogens with one attached hydrogen (secondary N) is 1. The van der Waals surface area contributed by atoms with Gasteiger partial charge < -0.3 is 19.6 Å². The molecule has 5 heteroatoms. The van der Waals surface area contributed by atoms with Crippen LogP contribution in [0.1, 0.15) is 0 Å². The molecule has 14 heavy (non-hydrogen) atoms. The molecule has 78 valence electrons. The first-order chi connectivity index (χ1) is 6.79. The van der Waals surface area contributed by atoms with E-state index in [1.165, 1.54) is 0 Å². The van der Waals surface area contributed by atoms with Crippen LogP contribution in [0.4, 0.5) is 11.7 Å². The Morgan fingerprint density at radius 1 is 1.36 bits per heavy atom. The lowest BCUT2D eigenvalue weighted by molar-refractivity contribution is 0.310. The molecule has 0 saturated carbocycles. The number of hydrogen-bond acceptors (Lipinski definition) is 5. The van der Waals surface area contributed by atoms with Gasteiger partial charge >= 0.3 is 0 Å². The largest absolute Gasteiger partial charge is 0.357 e. The van der Waals surface area contributed by atoms with Gasteiger partial charge in [-0.05, 0) is 7.05 Å². The molecule has 2 heterocycles. The van der Waals surface area contributed by atoms with Crippen LogP contribution in [0.2, 0.25) is 0 Å². The van der Waals surface area contributed by atoms with Crippen LogP contribution >= 0.6 is 0 Å². The van der Waals surface area contributed by atoms with Crippen molar-refractivity contribution in [1.82, 2.24) is 10.1 Å². The van der Waals surface area contributed by atoms with Gasteiger partial charge in [-0.15, -0.1) is 0 Å². The first-order valence-corrected chi connectivity index (χ1v) is 4.87. The van der Waals surface area contributed by atoms with E-state index in [0.717, 1.165) is 37.9 Å². The van der Waals surface area contributed by atoms with Gasteiger partial charge in [0.15, 0.2) is 5.82 Å². The van der Waals surface area contributed by atoms with Crippen LogP contribution in [0.3, 0.4) is 0 Å². The van der Waals surface area contributed by atoms with Gasteiger partial charge in [0.25, 0.3) is 0 Å². The fourth-order valence-electron chi connectivity index (χ4n) is 1.57. The minimum atomic E-state index is 0.721. The standard InChI is InChI=1S/C9H16N4O/c1-10-9-7-8(11-14-9)13-5-3-12(2)4-6-13/h7,10H,3-6H2,1-2H3. The van der Waals surface area contributed by atoms with E-state index in [2.05, 4.69) is 27.3 Å². The number of anilines is 2. The average Bonchev–Trinajstić information content (AvgIpc) is 2.67. The van der Waals surface area contributed by atoms with Gasteiger partial charge in [-0.25, -0.2) is 0 Å². The lowest BCUT2D eigenvalue weighted by atomic mass is 10.3. The Bertz CT molecular complexity index is 291. The third kappa shape index (κ3) is 1.82. The van der Waals surface area contributed by atoms with E-state index in [1.807, 2.05) is 13.1 Å². The summed E-state index contributed by atoms with van der Waals surface area (Å²) in [6.45, 7) is 4.21. The summed E-state index contributed by atoms with van der Waals surface area (Å²) in [5.74, 6) is 1.65. The van der Waals surface area contributed by atoms with Gasteiger partial charge in [-0.3, -0.25) is 0 Å². The Labute approximate surface area is 83.7 Å². The Hall–Kier alpha value is -1.23. The first kappa shape index (κ1) is 9.33. The summed E-state index contributed by atoms with van der Waals surface area (Å²) in [6.07, 6.45) is 0. The summed E-state index contributed by atoms with van der Waals surface area (Å²) < 4.78 is 5.08. The zero-order chi connectivity index (χ0) is 9.97.